The summed E-state index contributed by atoms with van der Waals surface area (Å²) in [6.07, 6.45) is 3.58. The van der Waals surface area contributed by atoms with Crippen LogP contribution in [-0.2, 0) is 20.1 Å². The number of fused-ring (bicyclic) bond motifs is 14. The number of rotatable bonds is 8. The first kappa shape index (κ1) is 62.3. The van der Waals surface area contributed by atoms with Crippen molar-refractivity contribution in [2.24, 2.45) is 0 Å². The Balaban J connectivity index is 0.000000136. The lowest BCUT2D eigenvalue weighted by atomic mass is 9.67. The molecule has 1 fully saturated rings. The lowest BCUT2D eigenvalue weighted by molar-refractivity contribution is 0.00578. The van der Waals surface area contributed by atoms with Gasteiger partial charge in [-0.3, -0.25) is 4.98 Å². The van der Waals surface area contributed by atoms with Crippen molar-refractivity contribution in [1.82, 2.24) is 19.9 Å². The van der Waals surface area contributed by atoms with Gasteiger partial charge in [0.25, 0.3) is 0 Å². The van der Waals surface area contributed by atoms with Crippen molar-refractivity contribution in [3.63, 3.8) is 0 Å². The SMILES string of the molecule is Brc1ccccn1.CC1(C)OB(c2ccc(-c3nc4ccccc4c4c5c(ccc34)C(c3ccccc3)(c3ccccc3)c3ccccc3-5)cc2)OC1(C)C.c1ccc(C2(c3ccccc3)c3ccccc3-c3c2ccc2c(-c4ccc(-c5ccccn5)cc4)nc4ccccc4c32)cc1. The molecule has 100 heavy (non-hydrogen) atoms. The second-order valence-corrected chi connectivity index (χ2v) is 27.8. The molecule has 2 aliphatic carbocycles. The van der Waals surface area contributed by atoms with E-state index in [1.54, 1.807) is 6.20 Å². The predicted octanol–water partition coefficient (Wildman–Crippen LogP) is 22.0. The molecule has 3 aliphatic rings. The van der Waals surface area contributed by atoms with Gasteiger partial charge in [0.15, 0.2) is 0 Å². The second kappa shape index (κ2) is 25.2. The smallest absolute Gasteiger partial charge is 0.399 e. The van der Waals surface area contributed by atoms with Gasteiger partial charge in [-0.05, 0) is 152 Å². The second-order valence-electron chi connectivity index (χ2n) is 27.0. The number of hydrogen-bond donors (Lipinski definition) is 0. The fourth-order valence-electron chi connectivity index (χ4n) is 15.8. The molecule has 0 spiro atoms. The van der Waals surface area contributed by atoms with Crippen LogP contribution in [0.2, 0.25) is 0 Å². The predicted molar refractivity (Wildman–Crippen MR) is 415 cm³/mol. The summed E-state index contributed by atoms with van der Waals surface area (Å²) in [6.45, 7) is 8.36. The zero-order chi connectivity index (χ0) is 67.6. The van der Waals surface area contributed by atoms with Crippen LogP contribution in [0.25, 0.3) is 99.4 Å². The van der Waals surface area contributed by atoms with Crippen LogP contribution in [0.3, 0.4) is 0 Å². The zero-order valence-corrected chi connectivity index (χ0v) is 57.5. The fourth-order valence-corrected chi connectivity index (χ4v) is 16.1. The van der Waals surface area contributed by atoms with Crippen LogP contribution in [0.1, 0.15) is 72.2 Å². The Bertz CT molecular complexity index is 5630. The molecule has 12 aromatic carbocycles. The summed E-state index contributed by atoms with van der Waals surface area (Å²) in [5.41, 5.74) is 22.9. The number of benzene rings is 12. The third-order valence-electron chi connectivity index (χ3n) is 21.0. The van der Waals surface area contributed by atoms with Crippen molar-refractivity contribution < 1.29 is 9.31 Å². The maximum atomic E-state index is 6.36. The summed E-state index contributed by atoms with van der Waals surface area (Å²) in [4.78, 5) is 19.1. The van der Waals surface area contributed by atoms with Gasteiger partial charge in [-0.15, -0.1) is 0 Å². The molecule has 0 saturated carbocycles. The average Bonchev–Trinajstić information content (AvgIpc) is 1.52. The standard InChI is InChI=1S/C44H36BNO2.C43H28N2.C5H4BrN/c1-42(2)43(3,4)48-45(47-42)32-25-23-29(24-26-32)41-35-27-28-37-40(39(35)34-20-12-14-22-38(34)46-41)33-19-11-13-21-36(33)44(37,30-15-7-5-8-16-30)31-17-9-6-10-18-31;1-3-13-31(14-4-1)43(32-15-5-2-6-16-32)36-19-9-7-17-33(36)41-37(43)27-26-35-40(41)34-18-8-10-21-39(34)45-42(35)30-24-22-29(23-25-30)38-20-11-12-28-44-38;6-5-3-1-2-4-7-5/h5-28H,1-4H3;1-28H;1-4H. The van der Waals surface area contributed by atoms with Crippen molar-refractivity contribution in [2.45, 2.75) is 49.7 Å². The zero-order valence-electron chi connectivity index (χ0n) is 55.9. The van der Waals surface area contributed by atoms with Crippen LogP contribution in [0, 0.1) is 0 Å². The number of para-hydroxylation sites is 2. The summed E-state index contributed by atoms with van der Waals surface area (Å²) in [5.74, 6) is 0. The third kappa shape index (κ3) is 10.2. The minimum atomic E-state index is -0.461. The molecular formula is C92H68BBrN4O2. The largest absolute Gasteiger partial charge is 0.494 e. The minimum Gasteiger partial charge on any atom is -0.399 e. The van der Waals surface area contributed by atoms with E-state index in [2.05, 4.69) is 345 Å². The van der Waals surface area contributed by atoms with Gasteiger partial charge in [0.2, 0.25) is 0 Å². The molecule has 0 radical (unpaired) electrons. The van der Waals surface area contributed by atoms with Gasteiger partial charge in [0, 0.05) is 61.4 Å². The topological polar surface area (TPSA) is 70.0 Å². The van der Waals surface area contributed by atoms with E-state index in [1.165, 1.54) is 82.9 Å². The maximum absolute atomic E-state index is 6.36. The number of nitrogens with zero attached hydrogens (tertiary/aromatic N) is 4. The highest BCUT2D eigenvalue weighted by molar-refractivity contribution is 9.10. The molecule has 478 valence electrons. The van der Waals surface area contributed by atoms with E-state index < -0.39 is 29.2 Å². The maximum Gasteiger partial charge on any atom is 0.494 e. The van der Waals surface area contributed by atoms with Crippen LogP contribution in [0.4, 0.5) is 0 Å². The first-order chi connectivity index (χ1) is 49.0. The highest BCUT2D eigenvalue weighted by Crippen LogP contribution is 2.61. The molecule has 16 aromatic rings. The highest BCUT2D eigenvalue weighted by Gasteiger charge is 2.52. The normalized spacial score (nSPS) is 14.7. The van der Waals surface area contributed by atoms with E-state index in [1.807, 2.05) is 42.6 Å². The average molecular weight is 1350 g/mol. The Kier molecular flexibility index (Phi) is 15.7. The Morgan fingerprint density at radius 2 is 0.680 bits per heavy atom. The number of hydrogen-bond acceptors (Lipinski definition) is 6. The fraction of sp³-hybridized carbons (Fsp3) is 0.0870. The lowest BCUT2D eigenvalue weighted by Crippen LogP contribution is -2.41. The number of pyridine rings is 4. The van der Waals surface area contributed by atoms with Crippen molar-refractivity contribution in [2.75, 3.05) is 0 Å². The first-order valence-electron chi connectivity index (χ1n) is 34.2. The third-order valence-corrected chi connectivity index (χ3v) is 21.5. The van der Waals surface area contributed by atoms with Gasteiger partial charge >= 0.3 is 7.12 Å². The van der Waals surface area contributed by atoms with Gasteiger partial charge < -0.3 is 9.31 Å². The molecule has 0 amide bonds. The number of halogens is 1. The summed E-state index contributed by atoms with van der Waals surface area (Å²) in [7, 11) is -0.408. The van der Waals surface area contributed by atoms with E-state index in [0.717, 1.165) is 71.0 Å². The van der Waals surface area contributed by atoms with Crippen molar-refractivity contribution in [3.05, 3.63) is 389 Å². The molecule has 0 unspecified atom stereocenters. The molecule has 1 saturated heterocycles. The van der Waals surface area contributed by atoms with Crippen molar-refractivity contribution in [1.29, 1.82) is 0 Å². The van der Waals surface area contributed by atoms with Crippen molar-refractivity contribution >= 4 is 71.9 Å². The first-order valence-corrected chi connectivity index (χ1v) is 35.0. The van der Waals surface area contributed by atoms with E-state index >= 15 is 0 Å². The number of aromatic nitrogens is 4. The molecule has 0 atom stereocenters. The van der Waals surface area contributed by atoms with E-state index in [4.69, 9.17) is 19.3 Å². The Hall–Kier alpha value is -11.3. The van der Waals surface area contributed by atoms with E-state index in [9.17, 15) is 0 Å². The summed E-state index contributed by atoms with van der Waals surface area (Å²) >= 11 is 3.20. The molecule has 6 nitrogen and oxygen atoms in total. The molecule has 0 N–H and O–H groups in total. The molecule has 1 aliphatic heterocycles. The molecule has 5 heterocycles. The van der Waals surface area contributed by atoms with Gasteiger partial charge in [-0.1, -0.05) is 291 Å². The Morgan fingerprint density at radius 1 is 0.310 bits per heavy atom. The van der Waals surface area contributed by atoms with Crippen LogP contribution in [0.5, 0.6) is 0 Å². The summed E-state index contributed by atoms with van der Waals surface area (Å²) in [6, 6.07) is 117. The molecule has 0 bridgehead atoms. The molecule has 8 heteroatoms. The van der Waals surface area contributed by atoms with Gasteiger partial charge in [-0.25, -0.2) is 15.0 Å². The monoisotopic (exact) mass is 1350 g/mol. The summed E-state index contributed by atoms with van der Waals surface area (Å²) in [5, 5.41) is 7.12. The molecule has 4 aromatic heterocycles. The van der Waals surface area contributed by atoms with Crippen LogP contribution < -0.4 is 5.46 Å². The lowest BCUT2D eigenvalue weighted by Gasteiger charge is -2.34. The van der Waals surface area contributed by atoms with E-state index in [0.29, 0.717) is 0 Å². The van der Waals surface area contributed by atoms with Crippen LogP contribution in [0.15, 0.2) is 345 Å². The summed E-state index contributed by atoms with van der Waals surface area (Å²) < 4.78 is 13.6. The molecular weight excluding hydrogens is 1280 g/mol. The Morgan fingerprint density at radius 3 is 1.08 bits per heavy atom. The minimum absolute atomic E-state index is 0.391. The van der Waals surface area contributed by atoms with Crippen LogP contribution >= 0.6 is 15.9 Å². The van der Waals surface area contributed by atoms with Gasteiger partial charge in [0.1, 0.15) is 4.60 Å². The van der Waals surface area contributed by atoms with Gasteiger partial charge in [0.05, 0.1) is 50.1 Å². The van der Waals surface area contributed by atoms with E-state index in [-0.39, 0.29) is 0 Å². The highest BCUT2D eigenvalue weighted by atomic mass is 79.9. The van der Waals surface area contributed by atoms with Gasteiger partial charge in [-0.2, -0.15) is 0 Å². The Labute approximate surface area is 592 Å². The molecule has 19 rings (SSSR count). The van der Waals surface area contributed by atoms with Crippen molar-refractivity contribution in [3.8, 4) is 56.0 Å². The van der Waals surface area contributed by atoms with Crippen LogP contribution in [-0.4, -0.2) is 38.3 Å². The quantitative estimate of drug-likeness (QED) is 0.0858.